The molecule has 1 aliphatic rings. The SMILES string of the molecule is C/C(=C(\C#N)C(=S)N=CN(C)C)N1CCC(O)CC1. The van der Waals surface area contributed by atoms with Gasteiger partial charge in [0.2, 0.25) is 0 Å². The van der Waals surface area contributed by atoms with E-state index >= 15 is 0 Å². The van der Waals surface area contributed by atoms with Gasteiger partial charge in [0.15, 0.2) is 0 Å². The number of nitrogens with zero attached hydrogens (tertiary/aromatic N) is 4. The number of aliphatic imine (C=N–C) groups is 1. The Morgan fingerprint density at radius 1 is 1.47 bits per heavy atom. The predicted octanol–water partition coefficient (Wildman–Crippen LogP) is 1.16. The van der Waals surface area contributed by atoms with Gasteiger partial charge in [-0.15, -0.1) is 0 Å². The van der Waals surface area contributed by atoms with Crippen molar-refractivity contribution in [3.63, 3.8) is 0 Å². The summed E-state index contributed by atoms with van der Waals surface area (Å²) in [4.78, 5) is 8.26. The number of thiocarbonyl (C=S) groups is 1. The Hall–Kier alpha value is -1.45. The summed E-state index contributed by atoms with van der Waals surface area (Å²) in [7, 11) is 3.70. The molecule has 0 atom stereocenters. The minimum Gasteiger partial charge on any atom is -0.393 e. The molecule has 0 aromatic heterocycles. The molecule has 0 radical (unpaired) electrons. The number of rotatable bonds is 3. The fraction of sp³-hybridized carbons (Fsp3) is 0.615. The Kier molecular flexibility index (Phi) is 5.93. The van der Waals surface area contributed by atoms with Crippen LogP contribution in [0.25, 0.3) is 0 Å². The largest absolute Gasteiger partial charge is 0.393 e. The lowest BCUT2D eigenvalue weighted by Crippen LogP contribution is -2.35. The summed E-state index contributed by atoms with van der Waals surface area (Å²) in [6.07, 6.45) is 2.81. The average molecular weight is 280 g/mol. The standard InChI is InChI=1S/C13H20N4OS/c1-10(17-6-4-11(18)5-7-17)12(8-14)13(19)15-9-16(2)3/h9,11,18H,4-7H2,1-3H3/b12-10-,15-9?. The van der Waals surface area contributed by atoms with Gasteiger partial charge in [-0.25, -0.2) is 4.99 Å². The van der Waals surface area contributed by atoms with E-state index < -0.39 is 0 Å². The molecule has 0 aromatic rings. The molecule has 1 fully saturated rings. The van der Waals surface area contributed by atoms with E-state index in [1.807, 2.05) is 21.0 Å². The number of nitriles is 1. The first-order chi connectivity index (χ1) is 8.95. The van der Waals surface area contributed by atoms with E-state index in [1.165, 1.54) is 0 Å². The summed E-state index contributed by atoms with van der Waals surface area (Å²) >= 11 is 5.18. The van der Waals surface area contributed by atoms with Crippen molar-refractivity contribution in [3.05, 3.63) is 11.3 Å². The smallest absolute Gasteiger partial charge is 0.147 e. The van der Waals surface area contributed by atoms with Crippen molar-refractivity contribution < 1.29 is 5.11 Å². The van der Waals surface area contributed by atoms with Gasteiger partial charge in [-0.2, -0.15) is 5.26 Å². The third-order valence-corrected chi connectivity index (χ3v) is 3.34. The summed E-state index contributed by atoms with van der Waals surface area (Å²) in [5.41, 5.74) is 1.28. The maximum absolute atomic E-state index is 9.50. The molecule has 1 rings (SSSR count). The second-order valence-electron chi connectivity index (χ2n) is 4.80. The molecule has 0 unspecified atom stereocenters. The summed E-state index contributed by atoms with van der Waals surface area (Å²) in [6, 6.07) is 2.14. The van der Waals surface area contributed by atoms with Gasteiger partial charge < -0.3 is 14.9 Å². The lowest BCUT2D eigenvalue weighted by molar-refractivity contribution is 0.0970. The number of allylic oxidation sites excluding steroid dienone is 1. The zero-order chi connectivity index (χ0) is 14.4. The van der Waals surface area contributed by atoms with Gasteiger partial charge in [0.25, 0.3) is 0 Å². The third-order valence-electron chi connectivity index (χ3n) is 3.03. The van der Waals surface area contributed by atoms with Gasteiger partial charge in [0.1, 0.15) is 16.6 Å². The molecular formula is C13H20N4OS. The monoisotopic (exact) mass is 280 g/mol. The summed E-state index contributed by atoms with van der Waals surface area (Å²) in [5, 5.41) is 18.8. The highest BCUT2D eigenvalue weighted by molar-refractivity contribution is 7.80. The molecule has 6 heteroatoms. The van der Waals surface area contributed by atoms with Crippen LogP contribution in [0.3, 0.4) is 0 Å². The van der Waals surface area contributed by atoms with Crippen molar-refractivity contribution >= 4 is 23.5 Å². The number of aliphatic hydroxyl groups excluding tert-OH is 1. The minimum absolute atomic E-state index is 0.228. The van der Waals surface area contributed by atoms with Crippen LogP contribution in [0.1, 0.15) is 19.8 Å². The van der Waals surface area contributed by atoms with Crippen LogP contribution in [-0.2, 0) is 0 Å². The van der Waals surface area contributed by atoms with Crippen molar-refractivity contribution in [1.82, 2.24) is 9.80 Å². The Balaban J connectivity index is 2.84. The Morgan fingerprint density at radius 3 is 2.53 bits per heavy atom. The van der Waals surface area contributed by atoms with Crippen molar-refractivity contribution in [2.75, 3.05) is 27.2 Å². The van der Waals surface area contributed by atoms with E-state index in [4.69, 9.17) is 12.2 Å². The molecule has 1 N–H and O–H groups in total. The lowest BCUT2D eigenvalue weighted by atomic mass is 10.1. The maximum atomic E-state index is 9.50. The second-order valence-corrected chi connectivity index (χ2v) is 5.19. The number of likely N-dealkylation sites (tertiary alicyclic amines) is 1. The summed E-state index contributed by atoms with van der Waals surface area (Å²) in [6.45, 7) is 3.38. The fourth-order valence-corrected chi connectivity index (χ4v) is 2.12. The van der Waals surface area contributed by atoms with E-state index in [1.54, 1.807) is 11.2 Å². The maximum Gasteiger partial charge on any atom is 0.147 e. The fourth-order valence-electron chi connectivity index (χ4n) is 1.88. The lowest BCUT2D eigenvalue weighted by Gasteiger charge is -2.32. The van der Waals surface area contributed by atoms with Crippen molar-refractivity contribution in [2.24, 2.45) is 4.99 Å². The first kappa shape index (κ1) is 15.6. The van der Waals surface area contributed by atoms with Crippen LogP contribution in [0.2, 0.25) is 0 Å². The highest BCUT2D eigenvalue weighted by Crippen LogP contribution is 2.18. The molecule has 1 saturated heterocycles. The quantitative estimate of drug-likeness (QED) is 0.276. The molecule has 0 bridgehead atoms. The molecule has 104 valence electrons. The van der Waals surface area contributed by atoms with Gasteiger partial charge in [-0.1, -0.05) is 12.2 Å². The van der Waals surface area contributed by atoms with E-state index in [2.05, 4.69) is 16.0 Å². The number of hydrogen-bond donors (Lipinski definition) is 1. The van der Waals surface area contributed by atoms with Crippen LogP contribution in [0, 0.1) is 11.3 Å². The zero-order valence-electron chi connectivity index (χ0n) is 11.6. The summed E-state index contributed by atoms with van der Waals surface area (Å²) in [5.74, 6) is 0. The van der Waals surface area contributed by atoms with Crippen LogP contribution >= 0.6 is 12.2 Å². The third kappa shape index (κ3) is 4.62. The van der Waals surface area contributed by atoms with Crippen LogP contribution in [0.15, 0.2) is 16.3 Å². The Bertz CT molecular complexity index is 428. The highest BCUT2D eigenvalue weighted by atomic mass is 32.1. The molecule has 19 heavy (non-hydrogen) atoms. The zero-order valence-corrected chi connectivity index (χ0v) is 12.4. The molecule has 0 saturated carbocycles. The van der Waals surface area contributed by atoms with E-state index in [9.17, 15) is 10.4 Å². The molecule has 1 aliphatic heterocycles. The summed E-state index contributed by atoms with van der Waals surface area (Å²) < 4.78 is 0. The van der Waals surface area contributed by atoms with Crippen molar-refractivity contribution in [1.29, 1.82) is 5.26 Å². The van der Waals surface area contributed by atoms with Crippen LogP contribution in [-0.4, -0.2) is 59.5 Å². The minimum atomic E-state index is -0.228. The number of hydrogen-bond acceptors (Lipinski definition) is 4. The normalized spacial score (nSPS) is 18.2. The molecule has 0 aliphatic carbocycles. The Labute approximate surface area is 119 Å². The predicted molar refractivity (Wildman–Crippen MR) is 79.9 cm³/mol. The molecule has 0 aromatic carbocycles. The van der Waals surface area contributed by atoms with Crippen LogP contribution in [0.5, 0.6) is 0 Å². The van der Waals surface area contributed by atoms with E-state index in [-0.39, 0.29) is 6.10 Å². The molecule has 0 amide bonds. The highest BCUT2D eigenvalue weighted by Gasteiger charge is 2.20. The van der Waals surface area contributed by atoms with Crippen LogP contribution in [0.4, 0.5) is 0 Å². The van der Waals surface area contributed by atoms with E-state index in [0.29, 0.717) is 10.6 Å². The van der Waals surface area contributed by atoms with Gasteiger partial charge >= 0.3 is 0 Å². The van der Waals surface area contributed by atoms with Crippen molar-refractivity contribution in [2.45, 2.75) is 25.9 Å². The van der Waals surface area contributed by atoms with Gasteiger partial charge in [-0.3, -0.25) is 0 Å². The second kappa shape index (κ2) is 7.22. The van der Waals surface area contributed by atoms with Gasteiger partial charge in [0, 0.05) is 32.9 Å². The molecule has 5 nitrogen and oxygen atoms in total. The molecule has 0 spiro atoms. The van der Waals surface area contributed by atoms with Crippen LogP contribution < -0.4 is 0 Å². The number of aliphatic hydroxyl groups is 1. The molecule has 1 heterocycles. The van der Waals surface area contributed by atoms with Gasteiger partial charge in [0.05, 0.1) is 12.4 Å². The Morgan fingerprint density at radius 2 is 2.05 bits per heavy atom. The number of piperidine rings is 1. The first-order valence-electron chi connectivity index (χ1n) is 6.24. The van der Waals surface area contributed by atoms with E-state index in [0.717, 1.165) is 31.6 Å². The van der Waals surface area contributed by atoms with Gasteiger partial charge in [-0.05, 0) is 19.8 Å². The topological polar surface area (TPSA) is 62.9 Å². The average Bonchev–Trinajstić information content (AvgIpc) is 2.37. The first-order valence-corrected chi connectivity index (χ1v) is 6.65. The molecular weight excluding hydrogens is 260 g/mol. The van der Waals surface area contributed by atoms with Crippen molar-refractivity contribution in [3.8, 4) is 6.07 Å².